The van der Waals surface area contributed by atoms with Gasteiger partial charge in [-0.25, -0.2) is 0 Å². The van der Waals surface area contributed by atoms with Gasteiger partial charge in [-0.05, 0) is 51.6 Å². The number of benzene rings is 1. The molecule has 1 saturated heterocycles. The van der Waals surface area contributed by atoms with E-state index in [1.165, 1.54) is 0 Å². The van der Waals surface area contributed by atoms with Gasteiger partial charge in [-0.3, -0.25) is 0 Å². The van der Waals surface area contributed by atoms with Crippen LogP contribution in [-0.4, -0.2) is 31.9 Å². The summed E-state index contributed by atoms with van der Waals surface area (Å²) in [4.78, 5) is 0. The molecule has 24 heavy (non-hydrogen) atoms. The third-order valence-corrected chi connectivity index (χ3v) is 5.26. The van der Waals surface area contributed by atoms with E-state index in [0.29, 0.717) is 0 Å². The highest BCUT2D eigenvalue weighted by molar-refractivity contribution is 5.82. The van der Waals surface area contributed by atoms with Gasteiger partial charge in [0.1, 0.15) is 11.3 Å². The van der Waals surface area contributed by atoms with Crippen molar-refractivity contribution in [3.8, 4) is 0 Å². The first-order chi connectivity index (χ1) is 11.6. The molecule has 3 rings (SSSR count). The molecule has 1 aromatic heterocycles. The fraction of sp³-hybridized carbons (Fsp3) is 0.600. The van der Waals surface area contributed by atoms with E-state index in [-0.39, 0.29) is 5.92 Å². The lowest BCUT2D eigenvalue weighted by molar-refractivity contribution is -0.0428. The van der Waals surface area contributed by atoms with Gasteiger partial charge in [0.15, 0.2) is 0 Å². The minimum Gasteiger partial charge on any atom is -0.461 e. The van der Waals surface area contributed by atoms with Crippen molar-refractivity contribution in [1.82, 2.24) is 5.32 Å². The van der Waals surface area contributed by atoms with Crippen molar-refractivity contribution in [2.75, 3.05) is 26.8 Å². The Balaban J connectivity index is 1.95. The van der Waals surface area contributed by atoms with Crippen molar-refractivity contribution < 1.29 is 14.3 Å². The second-order valence-corrected chi connectivity index (χ2v) is 7.00. The molecule has 0 radical (unpaired) electrons. The lowest BCUT2D eigenvalue weighted by Crippen LogP contribution is -2.44. The Kier molecular flexibility index (Phi) is 5.59. The molecule has 1 unspecified atom stereocenters. The molecular weight excluding hydrogens is 302 g/mol. The molecule has 0 aliphatic carbocycles. The summed E-state index contributed by atoms with van der Waals surface area (Å²) >= 11 is 0. The molecule has 2 heterocycles. The van der Waals surface area contributed by atoms with Crippen molar-refractivity contribution in [3.63, 3.8) is 0 Å². The van der Waals surface area contributed by atoms with Crippen LogP contribution in [-0.2, 0) is 10.3 Å². The highest BCUT2D eigenvalue weighted by Gasteiger charge is 2.40. The molecule has 1 fully saturated rings. The molecule has 0 bridgehead atoms. The number of rotatable bonds is 7. The third kappa shape index (κ3) is 3.51. The van der Waals surface area contributed by atoms with Crippen molar-refractivity contribution in [1.29, 1.82) is 0 Å². The number of furan rings is 1. The van der Waals surface area contributed by atoms with Gasteiger partial charge < -0.3 is 19.6 Å². The lowest BCUT2D eigenvalue weighted by atomic mass is 9.74. The molecule has 0 spiro atoms. The molecule has 4 heteroatoms. The normalized spacial score (nSPS) is 21.0. The smallest absolute Gasteiger partial charge is 0.140 e. The number of fused-ring (bicyclic) bond motifs is 1. The van der Waals surface area contributed by atoms with Crippen LogP contribution in [0.4, 0.5) is 0 Å². The minimum absolute atomic E-state index is 0.213. The van der Waals surface area contributed by atoms with Gasteiger partial charge in [-0.1, -0.05) is 18.2 Å². The summed E-state index contributed by atoms with van der Waals surface area (Å²) in [7, 11) is 1.73. The van der Waals surface area contributed by atoms with E-state index in [2.05, 4.69) is 11.4 Å². The molecular formula is C20H29NO3. The Morgan fingerprint density at radius 3 is 3.00 bits per heavy atom. The van der Waals surface area contributed by atoms with E-state index in [1.807, 2.05) is 25.1 Å². The fourth-order valence-electron chi connectivity index (χ4n) is 3.99. The first-order valence-electron chi connectivity index (χ1n) is 9.07. The summed E-state index contributed by atoms with van der Waals surface area (Å²) in [6, 6.07) is 8.17. The number of unbranched alkanes of at least 4 members (excludes halogenated alkanes) is 1. The van der Waals surface area contributed by atoms with Crippen LogP contribution in [0.25, 0.3) is 11.0 Å². The molecule has 1 aliphatic rings. The van der Waals surface area contributed by atoms with Crippen molar-refractivity contribution in [3.05, 3.63) is 35.6 Å². The first kappa shape index (κ1) is 17.5. The second-order valence-electron chi connectivity index (χ2n) is 7.00. The molecule has 2 N–H and O–H groups in total. The van der Waals surface area contributed by atoms with E-state index < -0.39 is 5.60 Å². The Morgan fingerprint density at radius 2 is 2.25 bits per heavy atom. The third-order valence-electron chi connectivity index (χ3n) is 5.26. The van der Waals surface area contributed by atoms with Crippen LogP contribution in [0.2, 0.25) is 0 Å². The highest BCUT2D eigenvalue weighted by Crippen LogP contribution is 2.41. The average molecular weight is 331 g/mol. The van der Waals surface area contributed by atoms with Gasteiger partial charge >= 0.3 is 0 Å². The number of ether oxygens (including phenoxy) is 1. The van der Waals surface area contributed by atoms with Gasteiger partial charge in [0.25, 0.3) is 0 Å². The van der Waals surface area contributed by atoms with Gasteiger partial charge in [0.05, 0.1) is 5.60 Å². The summed E-state index contributed by atoms with van der Waals surface area (Å²) in [6.45, 7) is 4.60. The minimum atomic E-state index is -0.856. The van der Waals surface area contributed by atoms with E-state index in [0.717, 1.165) is 74.1 Å². The maximum absolute atomic E-state index is 11.8. The summed E-state index contributed by atoms with van der Waals surface area (Å²) in [6.07, 6.45) is 4.80. The number of nitrogens with one attached hydrogen (secondary N) is 1. The van der Waals surface area contributed by atoms with Crippen LogP contribution in [0.5, 0.6) is 0 Å². The summed E-state index contributed by atoms with van der Waals surface area (Å²) in [5, 5.41) is 16.3. The van der Waals surface area contributed by atoms with E-state index in [4.69, 9.17) is 9.15 Å². The predicted molar refractivity (Wildman–Crippen MR) is 96.2 cm³/mol. The maximum atomic E-state index is 11.8. The van der Waals surface area contributed by atoms with E-state index in [9.17, 15) is 5.11 Å². The molecule has 1 aromatic carbocycles. The molecule has 1 aliphatic heterocycles. The summed E-state index contributed by atoms with van der Waals surface area (Å²) in [5.41, 5.74) is 0.930. The zero-order valence-electron chi connectivity index (χ0n) is 14.8. The average Bonchev–Trinajstić information content (AvgIpc) is 2.99. The number of aliphatic hydroxyl groups is 1. The van der Waals surface area contributed by atoms with E-state index in [1.54, 1.807) is 7.11 Å². The van der Waals surface area contributed by atoms with Crippen LogP contribution in [0.15, 0.2) is 28.7 Å². The van der Waals surface area contributed by atoms with Gasteiger partial charge in [-0.2, -0.15) is 0 Å². The molecule has 132 valence electrons. The van der Waals surface area contributed by atoms with Crippen LogP contribution < -0.4 is 5.32 Å². The van der Waals surface area contributed by atoms with Gasteiger partial charge in [0, 0.05) is 37.1 Å². The molecule has 0 amide bonds. The number of methoxy groups -OCH3 is 1. The molecule has 2 aromatic rings. The number of piperidine rings is 1. The zero-order valence-corrected chi connectivity index (χ0v) is 14.8. The topological polar surface area (TPSA) is 54.6 Å². The number of para-hydroxylation sites is 1. The van der Waals surface area contributed by atoms with E-state index >= 15 is 0 Å². The first-order valence-corrected chi connectivity index (χ1v) is 9.07. The lowest BCUT2D eigenvalue weighted by Gasteiger charge is -2.39. The molecule has 4 nitrogen and oxygen atoms in total. The van der Waals surface area contributed by atoms with Crippen LogP contribution in [0.1, 0.15) is 43.4 Å². The monoisotopic (exact) mass is 331 g/mol. The van der Waals surface area contributed by atoms with Gasteiger partial charge in [0.2, 0.25) is 0 Å². The van der Waals surface area contributed by atoms with Crippen LogP contribution in [0.3, 0.4) is 0 Å². The maximum Gasteiger partial charge on any atom is 0.140 e. The Labute approximate surface area is 144 Å². The standard InChI is InChI=1S/C20H29NO3/c1-15-13-16-7-5-9-18(19(16)24-15)20(22,10-3-4-12-23-2)17-8-6-11-21-14-17/h5,7,9,13,17,21-22H,3-4,6,8,10-12,14H2,1-2H3/t17?,20-/m0/s1. The second kappa shape index (κ2) is 7.68. The highest BCUT2D eigenvalue weighted by atomic mass is 16.5. The van der Waals surface area contributed by atoms with Crippen LogP contribution in [0, 0.1) is 12.8 Å². The Hall–Kier alpha value is -1.36. The zero-order chi connectivity index (χ0) is 17.0. The SMILES string of the molecule is COCCCC[C@@](O)(c1cccc2cc(C)oc12)C1CCCNC1. The Morgan fingerprint density at radius 1 is 1.38 bits per heavy atom. The van der Waals surface area contributed by atoms with Crippen LogP contribution >= 0.6 is 0 Å². The summed E-state index contributed by atoms with van der Waals surface area (Å²) < 4.78 is 11.1. The molecule has 0 saturated carbocycles. The summed E-state index contributed by atoms with van der Waals surface area (Å²) in [5.74, 6) is 1.10. The van der Waals surface area contributed by atoms with Crippen molar-refractivity contribution >= 4 is 11.0 Å². The molecule has 2 atom stereocenters. The van der Waals surface area contributed by atoms with Crippen molar-refractivity contribution in [2.45, 2.75) is 44.6 Å². The fourth-order valence-corrected chi connectivity index (χ4v) is 3.99. The Bertz CT molecular complexity index is 660. The number of hydrogen-bond donors (Lipinski definition) is 2. The number of aryl methyl sites for hydroxylation is 1. The largest absolute Gasteiger partial charge is 0.461 e. The predicted octanol–water partition coefficient (Wildman–Crippen LogP) is 3.75. The number of hydrogen-bond acceptors (Lipinski definition) is 4. The van der Waals surface area contributed by atoms with Gasteiger partial charge in [-0.15, -0.1) is 0 Å². The quantitative estimate of drug-likeness (QED) is 0.759. The van der Waals surface area contributed by atoms with Crippen molar-refractivity contribution in [2.24, 2.45) is 5.92 Å².